The maximum atomic E-state index is 12.2. The van der Waals surface area contributed by atoms with Crippen LogP contribution in [0.25, 0.3) is 0 Å². The molecule has 0 radical (unpaired) electrons. The summed E-state index contributed by atoms with van der Waals surface area (Å²) in [5, 5.41) is 3.04. The fourth-order valence-electron chi connectivity index (χ4n) is 2.88. The monoisotopic (exact) mass is 349 g/mol. The third-order valence-corrected chi connectivity index (χ3v) is 4.42. The summed E-state index contributed by atoms with van der Waals surface area (Å²) < 4.78 is 11.0. The van der Waals surface area contributed by atoms with Gasteiger partial charge in [-0.2, -0.15) is 0 Å². The molecule has 0 aliphatic heterocycles. The molecule has 0 saturated heterocycles. The number of alkyl carbamates (subject to hydrolysis) is 1. The van der Waals surface area contributed by atoms with Gasteiger partial charge in [0.2, 0.25) is 0 Å². The van der Waals surface area contributed by atoms with Gasteiger partial charge in [-0.3, -0.25) is 0 Å². The standard InChI is InChI=1S/C21H35NO3/c1-9-11-16-13-18(24-8)17(12-15(16)3)14-21(7,10-2)22-19(23)25-20(4,5)6/h12-13H,9-11,14H2,1-8H3,(H,22,23)/t21-/m0/s1. The number of amides is 1. The largest absolute Gasteiger partial charge is 0.496 e. The smallest absolute Gasteiger partial charge is 0.408 e. The topological polar surface area (TPSA) is 47.6 Å². The molecule has 0 unspecified atom stereocenters. The molecule has 25 heavy (non-hydrogen) atoms. The van der Waals surface area contributed by atoms with Gasteiger partial charge in [0.15, 0.2) is 0 Å². The number of carbonyl (C=O) groups is 1. The summed E-state index contributed by atoms with van der Waals surface area (Å²) in [5.74, 6) is 0.889. The molecule has 1 N–H and O–H groups in total. The minimum Gasteiger partial charge on any atom is -0.496 e. The Kier molecular flexibility index (Phi) is 7.33. The van der Waals surface area contributed by atoms with Crippen molar-refractivity contribution >= 4 is 6.09 Å². The zero-order chi connectivity index (χ0) is 19.3. The Hall–Kier alpha value is -1.71. The second-order valence-corrected chi connectivity index (χ2v) is 8.06. The molecule has 0 bridgehead atoms. The molecule has 4 nitrogen and oxygen atoms in total. The van der Waals surface area contributed by atoms with Crippen molar-refractivity contribution in [1.82, 2.24) is 5.32 Å². The molecule has 1 amide bonds. The van der Waals surface area contributed by atoms with Crippen LogP contribution in [-0.2, 0) is 17.6 Å². The lowest BCUT2D eigenvalue weighted by Gasteiger charge is -2.32. The maximum absolute atomic E-state index is 12.2. The van der Waals surface area contributed by atoms with Crippen LogP contribution in [0.2, 0.25) is 0 Å². The Bertz CT molecular complexity index is 590. The van der Waals surface area contributed by atoms with Gasteiger partial charge in [0.05, 0.1) is 7.11 Å². The Balaban J connectivity index is 3.03. The summed E-state index contributed by atoms with van der Waals surface area (Å²) in [5.41, 5.74) is 2.80. The third-order valence-electron chi connectivity index (χ3n) is 4.42. The maximum Gasteiger partial charge on any atom is 0.408 e. The molecule has 142 valence electrons. The highest BCUT2D eigenvalue weighted by molar-refractivity contribution is 5.68. The van der Waals surface area contributed by atoms with Crippen LogP contribution in [0.15, 0.2) is 12.1 Å². The first-order valence-electron chi connectivity index (χ1n) is 9.21. The summed E-state index contributed by atoms with van der Waals surface area (Å²) in [6.45, 7) is 14.0. The number of hydrogen-bond donors (Lipinski definition) is 1. The molecule has 0 saturated carbocycles. The Morgan fingerprint density at radius 2 is 1.76 bits per heavy atom. The first kappa shape index (κ1) is 21.3. The SMILES string of the molecule is CCCc1cc(OC)c(C[C@](C)(CC)NC(=O)OC(C)(C)C)cc1C. The van der Waals surface area contributed by atoms with Crippen LogP contribution in [0.5, 0.6) is 5.75 Å². The van der Waals surface area contributed by atoms with E-state index in [0.717, 1.165) is 30.6 Å². The van der Waals surface area contributed by atoms with Gasteiger partial charge in [0.1, 0.15) is 11.4 Å². The van der Waals surface area contributed by atoms with E-state index >= 15 is 0 Å². The summed E-state index contributed by atoms with van der Waals surface area (Å²) in [7, 11) is 1.70. The van der Waals surface area contributed by atoms with Crippen molar-refractivity contribution in [2.75, 3.05) is 7.11 Å². The van der Waals surface area contributed by atoms with Crippen molar-refractivity contribution in [2.24, 2.45) is 0 Å². The first-order chi connectivity index (χ1) is 11.5. The molecule has 1 aromatic rings. The molecule has 1 atom stereocenters. The van der Waals surface area contributed by atoms with Crippen LogP contribution in [-0.4, -0.2) is 24.3 Å². The number of rotatable bonds is 7. The number of methoxy groups -OCH3 is 1. The number of nitrogens with one attached hydrogen (secondary N) is 1. The highest BCUT2D eigenvalue weighted by atomic mass is 16.6. The zero-order valence-electron chi connectivity index (χ0n) is 17.2. The predicted molar refractivity (Wildman–Crippen MR) is 103 cm³/mol. The number of ether oxygens (including phenoxy) is 2. The van der Waals surface area contributed by atoms with Crippen molar-refractivity contribution in [3.63, 3.8) is 0 Å². The van der Waals surface area contributed by atoms with Crippen molar-refractivity contribution in [1.29, 1.82) is 0 Å². The second kappa shape index (κ2) is 8.59. The van der Waals surface area contributed by atoms with E-state index in [4.69, 9.17) is 9.47 Å². The quantitative estimate of drug-likeness (QED) is 0.736. The summed E-state index contributed by atoms with van der Waals surface area (Å²) in [6.07, 6.45) is 3.26. The van der Waals surface area contributed by atoms with Crippen LogP contribution in [0.3, 0.4) is 0 Å². The zero-order valence-corrected chi connectivity index (χ0v) is 17.2. The van der Waals surface area contributed by atoms with Crippen molar-refractivity contribution in [3.8, 4) is 5.75 Å². The van der Waals surface area contributed by atoms with E-state index in [1.165, 1.54) is 11.1 Å². The normalized spacial score (nSPS) is 13.9. The van der Waals surface area contributed by atoms with E-state index in [9.17, 15) is 4.79 Å². The molecule has 0 heterocycles. The molecule has 1 rings (SSSR count). The van der Waals surface area contributed by atoms with E-state index in [1.807, 2.05) is 27.7 Å². The lowest BCUT2D eigenvalue weighted by molar-refractivity contribution is 0.0460. The first-order valence-corrected chi connectivity index (χ1v) is 9.21. The Morgan fingerprint density at radius 3 is 2.24 bits per heavy atom. The lowest BCUT2D eigenvalue weighted by atomic mass is 9.88. The van der Waals surface area contributed by atoms with Gasteiger partial charge in [0.25, 0.3) is 0 Å². The van der Waals surface area contributed by atoms with E-state index in [2.05, 4.69) is 38.2 Å². The summed E-state index contributed by atoms with van der Waals surface area (Å²) in [6, 6.07) is 4.33. The fourth-order valence-corrected chi connectivity index (χ4v) is 2.88. The van der Waals surface area contributed by atoms with E-state index in [-0.39, 0.29) is 6.09 Å². The minimum absolute atomic E-state index is 0.379. The van der Waals surface area contributed by atoms with Gasteiger partial charge in [-0.1, -0.05) is 26.3 Å². The van der Waals surface area contributed by atoms with E-state index in [0.29, 0.717) is 6.42 Å². The van der Waals surface area contributed by atoms with Gasteiger partial charge >= 0.3 is 6.09 Å². The van der Waals surface area contributed by atoms with E-state index in [1.54, 1.807) is 7.11 Å². The molecule has 1 aromatic carbocycles. The predicted octanol–water partition coefficient (Wildman–Crippen LogP) is 5.19. The van der Waals surface area contributed by atoms with Gasteiger partial charge in [0, 0.05) is 5.54 Å². The van der Waals surface area contributed by atoms with E-state index < -0.39 is 11.1 Å². The van der Waals surface area contributed by atoms with Gasteiger partial charge in [-0.05, 0) is 76.6 Å². The van der Waals surface area contributed by atoms with Crippen LogP contribution >= 0.6 is 0 Å². The van der Waals surface area contributed by atoms with Crippen molar-refractivity contribution in [2.45, 2.75) is 85.3 Å². The van der Waals surface area contributed by atoms with Gasteiger partial charge < -0.3 is 14.8 Å². The molecule has 0 aliphatic carbocycles. The highest BCUT2D eigenvalue weighted by Crippen LogP contribution is 2.29. The van der Waals surface area contributed by atoms with Crippen molar-refractivity contribution in [3.05, 3.63) is 28.8 Å². The van der Waals surface area contributed by atoms with Gasteiger partial charge in [-0.25, -0.2) is 4.79 Å². The Morgan fingerprint density at radius 1 is 1.12 bits per heavy atom. The molecule has 0 aromatic heterocycles. The molecule has 0 aliphatic rings. The number of carbonyl (C=O) groups excluding carboxylic acids is 1. The number of hydrogen-bond acceptors (Lipinski definition) is 3. The molecular weight excluding hydrogens is 314 g/mol. The van der Waals surface area contributed by atoms with Crippen LogP contribution in [0.4, 0.5) is 4.79 Å². The van der Waals surface area contributed by atoms with Crippen LogP contribution in [0, 0.1) is 6.92 Å². The molecule has 0 fully saturated rings. The summed E-state index contributed by atoms with van der Waals surface area (Å²) in [4.78, 5) is 12.2. The summed E-state index contributed by atoms with van der Waals surface area (Å²) >= 11 is 0. The minimum atomic E-state index is -0.505. The van der Waals surface area contributed by atoms with Crippen LogP contribution < -0.4 is 10.1 Å². The van der Waals surface area contributed by atoms with Gasteiger partial charge in [-0.15, -0.1) is 0 Å². The second-order valence-electron chi connectivity index (χ2n) is 8.06. The fraction of sp³-hybridized carbons (Fsp3) is 0.667. The number of benzene rings is 1. The van der Waals surface area contributed by atoms with Crippen molar-refractivity contribution < 1.29 is 14.3 Å². The van der Waals surface area contributed by atoms with Crippen LogP contribution in [0.1, 0.15) is 71.1 Å². The third kappa shape index (κ3) is 6.60. The molecule has 0 spiro atoms. The lowest BCUT2D eigenvalue weighted by Crippen LogP contribution is -2.49. The average molecular weight is 350 g/mol. The average Bonchev–Trinajstić information content (AvgIpc) is 2.47. The molecule has 4 heteroatoms. The number of aryl methyl sites for hydroxylation is 2. The Labute approximate surface area is 153 Å². The molecular formula is C21H35NO3. The highest BCUT2D eigenvalue weighted by Gasteiger charge is 2.29.